The van der Waals surface area contributed by atoms with Gasteiger partial charge in [-0.2, -0.15) is 5.26 Å². The number of hydrogen-bond acceptors (Lipinski definition) is 3. The molecule has 0 bridgehead atoms. The number of amides is 1. The third-order valence-electron chi connectivity index (χ3n) is 3.57. The summed E-state index contributed by atoms with van der Waals surface area (Å²) in [6, 6.07) is 10.2. The van der Waals surface area contributed by atoms with Gasteiger partial charge in [-0.25, -0.2) is 0 Å². The lowest BCUT2D eigenvalue weighted by molar-refractivity contribution is -0.123. The maximum Gasteiger partial charge on any atom is 0.235 e. The van der Waals surface area contributed by atoms with Crippen LogP contribution in [-0.4, -0.2) is 29.9 Å². The third-order valence-corrected chi connectivity index (χ3v) is 4.09. The number of benzene rings is 1. The summed E-state index contributed by atoms with van der Waals surface area (Å²) in [5, 5.41) is 12.0. The summed E-state index contributed by atoms with van der Waals surface area (Å²) in [5.74, 6) is -0.0735. The minimum atomic E-state index is -0.824. The van der Waals surface area contributed by atoms with Gasteiger partial charge in [0.25, 0.3) is 0 Å². The molecule has 0 saturated carbocycles. The van der Waals surface area contributed by atoms with Crippen LogP contribution in [0, 0.1) is 17.2 Å². The number of likely N-dealkylation sites (N-methyl/N-ethyl adjacent to an activating group) is 1. The zero-order chi connectivity index (χ0) is 16.0. The highest BCUT2D eigenvalue weighted by Crippen LogP contribution is 2.15. The molecule has 0 heterocycles. The number of carbonyl (C=O) groups is 1. The van der Waals surface area contributed by atoms with Crippen LogP contribution in [0.4, 0.5) is 0 Å². The van der Waals surface area contributed by atoms with Crippen LogP contribution in [0.3, 0.4) is 0 Å². The monoisotopic (exact) mass is 351 g/mol. The van der Waals surface area contributed by atoms with Gasteiger partial charge in [-0.05, 0) is 37.6 Å². The van der Waals surface area contributed by atoms with Crippen LogP contribution in [0.2, 0.25) is 0 Å². The van der Waals surface area contributed by atoms with Gasteiger partial charge in [-0.3, -0.25) is 9.69 Å². The van der Waals surface area contributed by atoms with E-state index in [1.165, 1.54) is 0 Å². The molecule has 21 heavy (non-hydrogen) atoms. The molecule has 0 fully saturated rings. The van der Waals surface area contributed by atoms with E-state index in [4.69, 9.17) is 0 Å². The normalized spacial score (nSPS) is 13.8. The van der Waals surface area contributed by atoms with Gasteiger partial charge in [0, 0.05) is 11.0 Å². The van der Waals surface area contributed by atoms with Crippen LogP contribution in [0.5, 0.6) is 0 Å². The minimum Gasteiger partial charge on any atom is -0.337 e. The standard InChI is InChI=1S/C16H22BrN3O/c1-12(2)16(3,11-18)19-15(21)10-20(4)9-13-5-7-14(17)8-6-13/h5-8,12H,9-10H2,1-4H3,(H,19,21). The highest BCUT2D eigenvalue weighted by molar-refractivity contribution is 9.10. The average Bonchev–Trinajstić information content (AvgIpc) is 2.40. The van der Waals surface area contributed by atoms with Crippen molar-refractivity contribution in [1.82, 2.24) is 10.2 Å². The lowest BCUT2D eigenvalue weighted by Gasteiger charge is -2.28. The molecule has 0 spiro atoms. The lowest BCUT2D eigenvalue weighted by Crippen LogP contribution is -2.51. The van der Waals surface area contributed by atoms with Crippen molar-refractivity contribution in [3.63, 3.8) is 0 Å². The van der Waals surface area contributed by atoms with Crippen molar-refractivity contribution in [3.05, 3.63) is 34.3 Å². The van der Waals surface area contributed by atoms with Crippen LogP contribution in [-0.2, 0) is 11.3 Å². The van der Waals surface area contributed by atoms with Crippen LogP contribution in [0.15, 0.2) is 28.7 Å². The van der Waals surface area contributed by atoms with E-state index in [0.717, 1.165) is 10.0 Å². The Morgan fingerprint density at radius 1 is 1.43 bits per heavy atom. The Labute approximate surface area is 135 Å². The summed E-state index contributed by atoms with van der Waals surface area (Å²) in [4.78, 5) is 14.0. The van der Waals surface area contributed by atoms with Gasteiger partial charge >= 0.3 is 0 Å². The SMILES string of the molecule is CC(C)C(C)(C#N)NC(=O)CN(C)Cc1ccc(Br)cc1. The Kier molecular flexibility index (Phi) is 6.38. The Morgan fingerprint density at radius 3 is 2.48 bits per heavy atom. The summed E-state index contributed by atoms with van der Waals surface area (Å²) in [6.45, 7) is 6.56. The largest absolute Gasteiger partial charge is 0.337 e. The molecule has 0 aliphatic rings. The molecule has 1 atom stereocenters. The predicted octanol–water partition coefficient (Wildman–Crippen LogP) is 2.94. The second-order valence-corrected chi connectivity index (χ2v) is 6.73. The molecule has 1 unspecified atom stereocenters. The summed E-state index contributed by atoms with van der Waals surface area (Å²) >= 11 is 3.40. The molecule has 114 valence electrons. The Bertz CT molecular complexity index is 521. The van der Waals surface area contributed by atoms with Crippen molar-refractivity contribution in [2.24, 2.45) is 5.92 Å². The van der Waals surface area contributed by atoms with E-state index in [1.807, 2.05) is 50.1 Å². The quantitative estimate of drug-likeness (QED) is 0.857. The molecule has 0 aliphatic carbocycles. The van der Waals surface area contributed by atoms with Crippen LogP contribution in [0.1, 0.15) is 26.3 Å². The van der Waals surface area contributed by atoms with Crippen LogP contribution < -0.4 is 5.32 Å². The van der Waals surface area contributed by atoms with Gasteiger partial charge in [-0.1, -0.05) is 41.9 Å². The summed E-state index contributed by atoms with van der Waals surface area (Å²) in [6.07, 6.45) is 0. The first-order valence-corrected chi connectivity index (χ1v) is 7.71. The number of hydrogen-bond donors (Lipinski definition) is 1. The first kappa shape index (κ1) is 17.7. The maximum absolute atomic E-state index is 12.1. The smallest absolute Gasteiger partial charge is 0.235 e. The second kappa shape index (κ2) is 7.58. The third kappa shape index (κ3) is 5.49. The topological polar surface area (TPSA) is 56.1 Å². The van der Waals surface area contributed by atoms with Crippen molar-refractivity contribution in [3.8, 4) is 6.07 Å². The molecule has 0 radical (unpaired) electrons. The van der Waals surface area contributed by atoms with E-state index in [2.05, 4.69) is 27.3 Å². The van der Waals surface area contributed by atoms with Crippen molar-refractivity contribution in [2.45, 2.75) is 32.9 Å². The zero-order valence-electron chi connectivity index (χ0n) is 13.0. The van der Waals surface area contributed by atoms with E-state index >= 15 is 0 Å². The Morgan fingerprint density at radius 2 is 2.00 bits per heavy atom. The van der Waals surface area contributed by atoms with Crippen molar-refractivity contribution in [1.29, 1.82) is 5.26 Å². The first-order chi connectivity index (χ1) is 9.76. The Balaban J connectivity index is 2.55. The van der Waals surface area contributed by atoms with Crippen molar-refractivity contribution in [2.75, 3.05) is 13.6 Å². The molecule has 0 aliphatic heterocycles. The molecule has 4 nitrogen and oxygen atoms in total. The highest BCUT2D eigenvalue weighted by Gasteiger charge is 2.30. The predicted molar refractivity (Wildman–Crippen MR) is 87.5 cm³/mol. The van der Waals surface area contributed by atoms with Gasteiger partial charge in [0.15, 0.2) is 0 Å². The average molecular weight is 352 g/mol. The van der Waals surface area contributed by atoms with Gasteiger partial charge < -0.3 is 5.32 Å². The van der Waals surface area contributed by atoms with Crippen molar-refractivity contribution < 1.29 is 4.79 Å². The molecule has 1 aromatic carbocycles. The summed E-state index contributed by atoms with van der Waals surface area (Å²) < 4.78 is 1.04. The van der Waals surface area contributed by atoms with E-state index in [-0.39, 0.29) is 18.4 Å². The molecule has 5 heteroatoms. The summed E-state index contributed by atoms with van der Waals surface area (Å²) in [5.41, 5.74) is 0.315. The number of nitriles is 1. The molecule has 1 rings (SSSR count). The van der Waals surface area contributed by atoms with Crippen LogP contribution >= 0.6 is 15.9 Å². The molecular formula is C16H22BrN3O. The molecule has 1 amide bonds. The van der Waals surface area contributed by atoms with Gasteiger partial charge in [0.1, 0.15) is 5.54 Å². The number of nitrogens with one attached hydrogen (secondary N) is 1. The van der Waals surface area contributed by atoms with E-state index < -0.39 is 5.54 Å². The molecule has 0 saturated heterocycles. The molecule has 0 aromatic heterocycles. The van der Waals surface area contributed by atoms with Gasteiger partial charge in [0.05, 0.1) is 12.6 Å². The number of halogens is 1. The zero-order valence-corrected chi connectivity index (χ0v) is 14.6. The van der Waals surface area contributed by atoms with Crippen molar-refractivity contribution >= 4 is 21.8 Å². The fourth-order valence-electron chi connectivity index (χ4n) is 1.83. The first-order valence-electron chi connectivity index (χ1n) is 6.92. The second-order valence-electron chi connectivity index (χ2n) is 5.82. The number of nitrogens with zero attached hydrogens (tertiary/aromatic N) is 2. The van der Waals surface area contributed by atoms with Gasteiger partial charge in [-0.15, -0.1) is 0 Å². The van der Waals surface area contributed by atoms with E-state index in [9.17, 15) is 10.1 Å². The molecule has 1 aromatic rings. The fourth-order valence-corrected chi connectivity index (χ4v) is 2.10. The minimum absolute atomic E-state index is 0.0585. The van der Waals surface area contributed by atoms with E-state index in [0.29, 0.717) is 6.54 Å². The van der Waals surface area contributed by atoms with Gasteiger partial charge in [0.2, 0.25) is 5.91 Å². The summed E-state index contributed by atoms with van der Waals surface area (Å²) in [7, 11) is 1.89. The highest BCUT2D eigenvalue weighted by atomic mass is 79.9. The van der Waals surface area contributed by atoms with Crippen LogP contribution in [0.25, 0.3) is 0 Å². The number of rotatable bonds is 6. The molecular weight excluding hydrogens is 330 g/mol. The van der Waals surface area contributed by atoms with E-state index in [1.54, 1.807) is 6.92 Å². The maximum atomic E-state index is 12.1. The number of carbonyl (C=O) groups excluding carboxylic acids is 1. The fraction of sp³-hybridized carbons (Fsp3) is 0.500. The Hall–Kier alpha value is -1.38. The molecule has 1 N–H and O–H groups in total. The lowest BCUT2D eigenvalue weighted by atomic mass is 9.90.